The highest BCUT2D eigenvalue weighted by Crippen LogP contribution is 2.40. The van der Waals surface area contributed by atoms with Crippen molar-refractivity contribution >= 4 is 11.9 Å². The largest absolute Gasteiger partial charge is 0.481 e. The number of nitrogens with zero attached hydrogens (tertiary/aromatic N) is 1. The maximum absolute atomic E-state index is 12.8. The fourth-order valence-corrected chi connectivity index (χ4v) is 2.93. The molecule has 0 saturated heterocycles. The van der Waals surface area contributed by atoms with E-state index in [1.54, 1.807) is 0 Å². The summed E-state index contributed by atoms with van der Waals surface area (Å²) in [5.41, 5.74) is 0. The number of carboxylic acids is 1. The average molecular weight is 323 g/mol. The van der Waals surface area contributed by atoms with Crippen LogP contribution in [0.1, 0.15) is 46.0 Å². The first-order valence-corrected chi connectivity index (χ1v) is 7.68. The first kappa shape index (κ1) is 18.8. The molecule has 0 heterocycles. The summed E-state index contributed by atoms with van der Waals surface area (Å²) in [5.74, 6) is -3.27. The molecule has 1 amide bonds. The van der Waals surface area contributed by atoms with Crippen LogP contribution < -0.4 is 0 Å². The van der Waals surface area contributed by atoms with Crippen LogP contribution in [0, 0.1) is 17.8 Å². The molecule has 2 atom stereocenters. The minimum Gasteiger partial charge on any atom is -0.481 e. The molecule has 1 aliphatic carbocycles. The zero-order valence-corrected chi connectivity index (χ0v) is 13.0. The lowest BCUT2D eigenvalue weighted by molar-refractivity contribution is -0.187. The van der Waals surface area contributed by atoms with Crippen LogP contribution in [-0.2, 0) is 9.59 Å². The van der Waals surface area contributed by atoms with Gasteiger partial charge in [0.1, 0.15) is 0 Å². The third kappa shape index (κ3) is 5.85. The molecule has 0 spiro atoms. The second kappa shape index (κ2) is 7.83. The standard InChI is InChI=1S/C15H24F3NO3/c1-10(2)9-19(7-6-13(20)21)14(22)11-4-3-5-12(8-11)15(16,17)18/h10-12H,3-9H2,1-2H3,(H,20,21). The Bertz CT molecular complexity index is 396. The second-order valence-corrected chi connectivity index (χ2v) is 6.42. The number of alkyl halides is 3. The summed E-state index contributed by atoms with van der Waals surface area (Å²) < 4.78 is 38.5. The molecular formula is C15H24F3NO3. The van der Waals surface area contributed by atoms with Gasteiger partial charge < -0.3 is 10.0 Å². The van der Waals surface area contributed by atoms with Gasteiger partial charge in [-0.15, -0.1) is 0 Å². The Morgan fingerprint density at radius 2 is 1.91 bits per heavy atom. The molecule has 4 nitrogen and oxygen atoms in total. The SMILES string of the molecule is CC(C)CN(CCC(=O)O)C(=O)C1CCCC(C(F)(F)F)C1. The fourth-order valence-electron chi connectivity index (χ4n) is 2.93. The lowest BCUT2D eigenvalue weighted by Gasteiger charge is -2.34. The van der Waals surface area contributed by atoms with E-state index in [-0.39, 0.29) is 37.6 Å². The van der Waals surface area contributed by atoms with E-state index in [2.05, 4.69) is 0 Å². The third-order valence-electron chi connectivity index (χ3n) is 3.98. The van der Waals surface area contributed by atoms with Gasteiger partial charge in [0.25, 0.3) is 0 Å². The first-order valence-electron chi connectivity index (χ1n) is 7.68. The van der Waals surface area contributed by atoms with E-state index >= 15 is 0 Å². The van der Waals surface area contributed by atoms with Crippen molar-refractivity contribution in [2.75, 3.05) is 13.1 Å². The Balaban J connectivity index is 2.72. The van der Waals surface area contributed by atoms with Crippen molar-refractivity contribution in [3.63, 3.8) is 0 Å². The monoisotopic (exact) mass is 323 g/mol. The van der Waals surface area contributed by atoms with Crippen LogP contribution in [0.15, 0.2) is 0 Å². The second-order valence-electron chi connectivity index (χ2n) is 6.42. The Morgan fingerprint density at radius 1 is 1.27 bits per heavy atom. The van der Waals surface area contributed by atoms with Crippen molar-refractivity contribution in [3.8, 4) is 0 Å². The molecule has 0 bridgehead atoms. The first-order chi connectivity index (χ1) is 10.1. The minimum atomic E-state index is -4.26. The fraction of sp³-hybridized carbons (Fsp3) is 0.867. The van der Waals surface area contributed by atoms with E-state index in [0.717, 1.165) is 0 Å². The van der Waals surface area contributed by atoms with Crippen LogP contribution in [0.2, 0.25) is 0 Å². The summed E-state index contributed by atoms with van der Waals surface area (Å²) in [6.07, 6.45) is -3.71. The maximum Gasteiger partial charge on any atom is 0.391 e. The van der Waals surface area contributed by atoms with Crippen LogP contribution in [0.3, 0.4) is 0 Å². The van der Waals surface area contributed by atoms with E-state index in [9.17, 15) is 22.8 Å². The Kier molecular flexibility index (Phi) is 6.68. The highest BCUT2D eigenvalue weighted by Gasteiger charge is 2.44. The summed E-state index contributed by atoms with van der Waals surface area (Å²) in [6.45, 7) is 4.21. The van der Waals surface area contributed by atoms with E-state index in [4.69, 9.17) is 5.11 Å². The van der Waals surface area contributed by atoms with Crippen molar-refractivity contribution in [1.29, 1.82) is 0 Å². The van der Waals surface area contributed by atoms with Crippen molar-refractivity contribution in [2.45, 2.75) is 52.1 Å². The highest BCUT2D eigenvalue weighted by molar-refractivity contribution is 5.79. The summed E-state index contributed by atoms with van der Waals surface area (Å²) in [5, 5.41) is 8.75. The van der Waals surface area contributed by atoms with Gasteiger partial charge >= 0.3 is 12.1 Å². The predicted molar refractivity (Wildman–Crippen MR) is 75.2 cm³/mol. The summed E-state index contributed by atoms with van der Waals surface area (Å²) in [6, 6.07) is 0. The van der Waals surface area contributed by atoms with E-state index in [1.807, 2.05) is 13.8 Å². The van der Waals surface area contributed by atoms with Crippen LogP contribution in [-0.4, -0.2) is 41.1 Å². The molecule has 1 aliphatic rings. The molecule has 0 aromatic rings. The minimum absolute atomic E-state index is 0.0551. The van der Waals surface area contributed by atoms with E-state index < -0.39 is 24.0 Å². The number of amides is 1. The van der Waals surface area contributed by atoms with E-state index in [0.29, 0.717) is 19.4 Å². The van der Waals surface area contributed by atoms with Crippen LogP contribution >= 0.6 is 0 Å². The van der Waals surface area contributed by atoms with Crippen LogP contribution in [0.5, 0.6) is 0 Å². The number of rotatable bonds is 6. The molecule has 7 heteroatoms. The molecule has 1 N–H and O–H groups in total. The van der Waals surface area contributed by atoms with Gasteiger partial charge in [-0.3, -0.25) is 9.59 Å². The van der Waals surface area contributed by atoms with E-state index in [1.165, 1.54) is 4.90 Å². The predicted octanol–water partition coefficient (Wildman–Crippen LogP) is 3.31. The number of halogens is 3. The van der Waals surface area contributed by atoms with Gasteiger partial charge in [-0.2, -0.15) is 13.2 Å². The van der Waals surface area contributed by atoms with Gasteiger partial charge in [0, 0.05) is 19.0 Å². The number of aliphatic carboxylic acids is 1. The smallest absolute Gasteiger partial charge is 0.391 e. The summed E-state index contributed by atoms with van der Waals surface area (Å²) in [4.78, 5) is 24.6. The van der Waals surface area contributed by atoms with Crippen molar-refractivity contribution in [1.82, 2.24) is 4.90 Å². The summed E-state index contributed by atoms with van der Waals surface area (Å²) in [7, 11) is 0. The molecule has 2 unspecified atom stereocenters. The van der Waals surface area contributed by atoms with Gasteiger partial charge in [0.15, 0.2) is 0 Å². The zero-order chi connectivity index (χ0) is 16.9. The van der Waals surface area contributed by atoms with Gasteiger partial charge in [-0.05, 0) is 25.2 Å². The Hall–Kier alpha value is -1.27. The van der Waals surface area contributed by atoms with Crippen molar-refractivity contribution in [2.24, 2.45) is 17.8 Å². The van der Waals surface area contributed by atoms with Crippen molar-refractivity contribution < 1.29 is 27.9 Å². The highest BCUT2D eigenvalue weighted by atomic mass is 19.4. The van der Waals surface area contributed by atoms with Gasteiger partial charge in [0.05, 0.1) is 12.3 Å². The lowest BCUT2D eigenvalue weighted by Crippen LogP contribution is -2.42. The number of carbonyl (C=O) groups is 2. The Morgan fingerprint density at radius 3 is 2.41 bits per heavy atom. The van der Waals surface area contributed by atoms with Crippen molar-refractivity contribution in [3.05, 3.63) is 0 Å². The molecule has 0 aromatic heterocycles. The molecule has 1 fully saturated rings. The number of carbonyl (C=O) groups excluding carboxylic acids is 1. The third-order valence-corrected chi connectivity index (χ3v) is 3.98. The number of carboxylic acid groups (broad SMARTS) is 1. The Labute approximate surface area is 128 Å². The molecule has 0 aliphatic heterocycles. The molecule has 0 radical (unpaired) electrons. The van der Waals surface area contributed by atoms with Crippen LogP contribution in [0.4, 0.5) is 13.2 Å². The van der Waals surface area contributed by atoms with Crippen LogP contribution in [0.25, 0.3) is 0 Å². The normalized spacial score (nSPS) is 22.6. The van der Waals surface area contributed by atoms with Gasteiger partial charge in [-0.1, -0.05) is 20.3 Å². The molecule has 128 valence electrons. The molecule has 0 aromatic carbocycles. The van der Waals surface area contributed by atoms with Gasteiger partial charge in [0.2, 0.25) is 5.91 Å². The lowest BCUT2D eigenvalue weighted by atomic mass is 9.80. The zero-order valence-electron chi connectivity index (χ0n) is 13.0. The molecule has 22 heavy (non-hydrogen) atoms. The topological polar surface area (TPSA) is 57.6 Å². The summed E-state index contributed by atoms with van der Waals surface area (Å²) >= 11 is 0. The van der Waals surface area contributed by atoms with Gasteiger partial charge in [-0.25, -0.2) is 0 Å². The maximum atomic E-state index is 12.8. The molecule has 1 saturated carbocycles. The average Bonchev–Trinajstić information content (AvgIpc) is 2.41. The number of hydrogen-bond donors (Lipinski definition) is 1. The molecule has 1 rings (SSSR count). The quantitative estimate of drug-likeness (QED) is 0.816. The molecular weight excluding hydrogens is 299 g/mol. The number of hydrogen-bond acceptors (Lipinski definition) is 2.